The zero-order chi connectivity index (χ0) is 16.0. The van der Waals surface area contributed by atoms with E-state index in [9.17, 15) is 12.6 Å². The largest absolute Gasteiger partial charge is 0.320 e. The molecule has 0 bridgehead atoms. The van der Waals surface area contributed by atoms with Crippen LogP contribution in [-0.2, 0) is 20.8 Å². The molecule has 2 unspecified atom stereocenters. The fourth-order valence-corrected chi connectivity index (χ4v) is 4.24. The maximum atomic E-state index is 12.4. The summed E-state index contributed by atoms with van der Waals surface area (Å²) in [6.07, 6.45) is 1.54. The molecule has 116 valence electrons. The summed E-state index contributed by atoms with van der Waals surface area (Å²) in [5.74, 6) is 5.77. The second-order valence-corrected chi connectivity index (χ2v) is 7.91. The van der Waals surface area contributed by atoms with E-state index in [1.807, 2.05) is 0 Å². The number of sulfonamides is 1. The molecule has 7 heteroatoms. The standard InChI is InChI=1S/C14H20N2O3S2/c1-11-6-7-13(5-4-8-15)9-14(11)21(18,19)16-12(2)10-20(3)17/h6-7,9,12,16H,8,10,15H2,1-3H3. The van der Waals surface area contributed by atoms with E-state index in [1.165, 1.54) is 6.07 Å². The van der Waals surface area contributed by atoms with E-state index in [-0.39, 0.29) is 17.2 Å². The van der Waals surface area contributed by atoms with Crippen LogP contribution in [0.25, 0.3) is 0 Å². The predicted octanol–water partition coefficient (Wildman–Crippen LogP) is 0.351. The Morgan fingerprint density at radius 2 is 2.10 bits per heavy atom. The van der Waals surface area contributed by atoms with Crippen LogP contribution >= 0.6 is 0 Å². The zero-order valence-corrected chi connectivity index (χ0v) is 14.0. The summed E-state index contributed by atoms with van der Waals surface area (Å²) in [5, 5.41) is 0. The zero-order valence-electron chi connectivity index (χ0n) is 12.3. The molecule has 0 aromatic heterocycles. The number of nitrogens with two attached hydrogens (primary N) is 1. The molecule has 0 aliphatic carbocycles. The number of hydrogen-bond donors (Lipinski definition) is 2. The van der Waals surface area contributed by atoms with Gasteiger partial charge >= 0.3 is 0 Å². The number of nitrogens with one attached hydrogen (secondary N) is 1. The van der Waals surface area contributed by atoms with Crippen molar-refractivity contribution in [3.05, 3.63) is 29.3 Å². The molecule has 1 aromatic carbocycles. The molecule has 0 fully saturated rings. The van der Waals surface area contributed by atoms with Crippen molar-refractivity contribution in [2.75, 3.05) is 18.6 Å². The van der Waals surface area contributed by atoms with Gasteiger partial charge in [-0.25, -0.2) is 13.1 Å². The van der Waals surface area contributed by atoms with Gasteiger partial charge in [-0.05, 0) is 31.5 Å². The fourth-order valence-electron chi connectivity index (χ4n) is 1.83. The van der Waals surface area contributed by atoms with E-state index in [0.29, 0.717) is 11.1 Å². The van der Waals surface area contributed by atoms with Crippen molar-refractivity contribution in [3.8, 4) is 11.8 Å². The van der Waals surface area contributed by atoms with E-state index < -0.39 is 26.9 Å². The predicted molar refractivity (Wildman–Crippen MR) is 85.8 cm³/mol. The first-order valence-corrected chi connectivity index (χ1v) is 9.59. The third kappa shape index (κ3) is 5.59. The van der Waals surface area contributed by atoms with Crippen LogP contribution in [0.4, 0.5) is 0 Å². The summed E-state index contributed by atoms with van der Waals surface area (Å²) in [6.45, 7) is 3.62. The SMILES string of the molecule is Cc1ccc(C#CCN)cc1S(=O)(=O)NC(C)CS(C)=O. The van der Waals surface area contributed by atoms with Crippen LogP contribution in [0, 0.1) is 18.8 Å². The molecule has 0 saturated heterocycles. The Labute approximate surface area is 128 Å². The molecule has 3 N–H and O–H groups in total. The van der Waals surface area contributed by atoms with Gasteiger partial charge in [-0.3, -0.25) is 4.21 Å². The summed E-state index contributed by atoms with van der Waals surface area (Å²) >= 11 is 0. The van der Waals surface area contributed by atoms with Gasteiger partial charge in [0.1, 0.15) is 0 Å². The third-order valence-electron chi connectivity index (χ3n) is 2.65. The molecule has 0 saturated carbocycles. The highest BCUT2D eigenvalue weighted by molar-refractivity contribution is 7.89. The van der Waals surface area contributed by atoms with Crippen molar-refractivity contribution in [2.24, 2.45) is 5.73 Å². The first-order chi connectivity index (χ1) is 9.76. The summed E-state index contributed by atoms with van der Waals surface area (Å²) < 4.78 is 38.5. The molecule has 1 rings (SSSR count). The lowest BCUT2D eigenvalue weighted by atomic mass is 10.1. The van der Waals surface area contributed by atoms with Crippen LogP contribution in [0.1, 0.15) is 18.1 Å². The van der Waals surface area contributed by atoms with E-state index in [4.69, 9.17) is 5.73 Å². The maximum Gasteiger partial charge on any atom is 0.241 e. The molecule has 0 aliphatic heterocycles. The molecule has 2 atom stereocenters. The molecular weight excluding hydrogens is 308 g/mol. The highest BCUT2D eigenvalue weighted by Gasteiger charge is 2.20. The Bertz CT molecular complexity index is 688. The Morgan fingerprint density at radius 3 is 2.67 bits per heavy atom. The van der Waals surface area contributed by atoms with Crippen LogP contribution in [0.2, 0.25) is 0 Å². The van der Waals surface area contributed by atoms with Gasteiger partial charge in [-0.15, -0.1) is 0 Å². The van der Waals surface area contributed by atoms with Crippen LogP contribution in [-0.4, -0.2) is 37.2 Å². The molecule has 5 nitrogen and oxygen atoms in total. The van der Waals surface area contributed by atoms with E-state index in [0.717, 1.165) is 0 Å². The van der Waals surface area contributed by atoms with Crippen molar-refractivity contribution in [1.82, 2.24) is 4.72 Å². The monoisotopic (exact) mass is 328 g/mol. The molecule has 0 amide bonds. The Balaban J connectivity index is 3.09. The minimum Gasteiger partial charge on any atom is -0.320 e. The van der Waals surface area contributed by atoms with Gasteiger partial charge in [-0.1, -0.05) is 17.9 Å². The van der Waals surface area contributed by atoms with Gasteiger partial charge in [0.15, 0.2) is 0 Å². The van der Waals surface area contributed by atoms with E-state index in [2.05, 4.69) is 16.6 Å². The van der Waals surface area contributed by atoms with Crippen molar-refractivity contribution >= 4 is 20.8 Å². The van der Waals surface area contributed by atoms with E-state index in [1.54, 1.807) is 32.2 Å². The topological polar surface area (TPSA) is 89.3 Å². The first kappa shape index (κ1) is 17.9. The number of hydrogen-bond acceptors (Lipinski definition) is 4. The van der Waals surface area contributed by atoms with Crippen molar-refractivity contribution in [3.63, 3.8) is 0 Å². The van der Waals surface area contributed by atoms with E-state index >= 15 is 0 Å². The first-order valence-electron chi connectivity index (χ1n) is 6.38. The van der Waals surface area contributed by atoms with Crippen molar-refractivity contribution in [2.45, 2.75) is 24.8 Å². The van der Waals surface area contributed by atoms with Gasteiger partial charge in [0.2, 0.25) is 10.0 Å². The van der Waals surface area contributed by atoms with Crippen LogP contribution in [0.5, 0.6) is 0 Å². The smallest absolute Gasteiger partial charge is 0.241 e. The highest BCUT2D eigenvalue weighted by Crippen LogP contribution is 2.17. The van der Waals surface area contributed by atoms with Crippen LogP contribution < -0.4 is 10.5 Å². The molecule has 0 radical (unpaired) electrons. The van der Waals surface area contributed by atoms with Crippen molar-refractivity contribution in [1.29, 1.82) is 0 Å². The minimum atomic E-state index is -3.67. The normalized spacial score (nSPS) is 14.1. The lowest BCUT2D eigenvalue weighted by Gasteiger charge is -2.14. The lowest BCUT2D eigenvalue weighted by Crippen LogP contribution is -2.36. The summed E-state index contributed by atoms with van der Waals surface area (Å²) in [6, 6.07) is 4.58. The molecular formula is C14H20N2O3S2. The van der Waals surface area contributed by atoms with Crippen LogP contribution in [0.15, 0.2) is 23.1 Å². The average molecular weight is 328 g/mol. The Morgan fingerprint density at radius 1 is 1.43 bits per heavy atom. The lowest BCUT2D eigenvalue weighted by molar-refractivity contribution is 0.569. The molecule has 21 heavy (non-hydrogen) atoms. The summed E-state index contributed by atoms with van der Waals surface area (Å²) in [4.78, 5) is 0.181. The Kier molecular flexibility index (Phi) is 6.55. The second kappa shape index (κ2) is 7.71. The average Bonchev–Trinajstić information content (AvgIpc) is 2.35. The number of benzene rings is 1. The van der Waals surface area contributed by atoms with Gasteiger partial charge in [0.05, 0.1) is 11.4 Å². The van der Waals surface area contributed by atoms with Gasteiger partial charge < -0.3 is 5.73 Å². The summed E-state index contributed by atoms with van der Waals surface area (Å²) in [5.41, 5.74) is 6.54. The van der Waals surface area contributed by atoms with Crippen molar-refractivity contribution < 1.29 is 12.6 Å². The molecule has 0 aliphatic rings. The highest BCUT2D eigenvalue weighted by atomic mass is 32.2. The maximum absolute atomic E-state index is 12.4. The van der Waals surface area contributed by atoms with Gasteiger partial charge in [0, 0.05) is 34.4 Å². The number of rotatable bonds is 5. The molecule has 0 heterocycles. The molecule has 0 spiro atoms. The third-order valence-corrected chi connectivity index (χ3v) is 5.35. The fraction of sp³-hybridized carbons (Fsp3) is 0.429. The van der Waals surface area contributed by atoms with Gasteiger partial charge in [0.25, 0.3) is 0 Å². The molecule has 1 aromatic rings. The second-order valence-electron chi connectivity index (χ2n) is 4.75. The number of aryl methyl sites for hydroxylation is 1. The van der Waals surface area contributed by atoms with Gasteiger partial charge in [-0.2, -0.15) is 0 Å². The Hall–Kier alpha value is -1.20. The minimum absolute atomic E-state index is 0.181. The summed E-state index contributed by atoms with van der Waals surface area (Å²) in [7, 11) is -4.73. The quantitative estimate of drug-likeness (QED) is 0.763. The van der Waals surface area contributed by atoms with Crippen LogP contribution in [0.3, 0.4) is 0 Å².